The third-order valence-electron chi connectivity index (χ3n) is 3.90. The summed E-state index contributed by atoms with van der Waals surface area (Å²) in [6, 6.07) is 11.4. The molecule has 6 heteroatoms. The number of hydrogen-bond acceptors (Lipinski definition) is 3. The zero-order valence-electron chi connectivity index (χ0n) is 13.0. The minimum atomic E-state index is -0.350. The number of rotatable bonds is 4. The molecule has 1 aliphatic rings. The van der Waals surface area contributed by atoms with E-state index in [4.69, 9.17) is 11.6 Å². The Bertz CT molecular complexity index is 755. The van der Waals surface area contributed by atoms with Crippen LogP contribution in [-0.2, 0) is 0 Å². The molecule has 0 spiro atoms. The predicted molar refractivity (Wildman–Crippen MR) is 94.4 cm³/mol. The number of carbonyl (C=O) groups excluding carboxylic acids is 1. The summed E-state index contributed by atoms with van der Waals surface area (Å²) < 4.78 is 14.2. The molecule has 0 atom stereocenters. The molecule has 0 unspecified atom stereocenters. The third-order valence-corrected chi connectivity index (χ3v) is 4.16. The molecule has 1 amide bonds. The average Bonchev–Trinajstić information content (AvgIpc) is 3.10. The first kappa shape index (κ1) is 16.5. The fraction of sp³-hybridized carbons (Fsp3) is 0.222. The molecule has 0 aliphatic carbocycles. The van der Waals surface area contributed by atoms with Crippen molar-refractivity contribution in [3.8, 4) is 0 Å². The largest absolute Gasteiger partial charge is 0.369 e. The first-order valence-electron chi connectivity index (χ1n) is 7.77. The maximum absolute atomic E-state index is 14.2. The Balaban J connectivity index is 1.63. The fourth-order valence-corrected chi connectivity index (χ4v) is 2.78. The predicted octanol–water partition coefficient (Wildman–Crippen LogP) is 3.84. The molecule has 2 aromatic carbocycles. The van der Waals surface area contributed by atoms with Crippen molar-refractivity contribution >= 4 is 29.4 Å². The number of nitrogens with one attached hydrogen (secondary N) is 1. The van der Waals surface area contributed by atoms with Crippen LogP contribution in [0.5, 0.6) is 0 Å². The second-order valence-electron chi connectivity index (χ2n) is 5.61. The number of nitrogens with zero attached hydrogens (tertiary/aromatic N) is 2. The minimum Gasteiger partial charge on any atom is -0.369 e. The summed E-state index contributed by atoms with van der Waals surface area (Å²) >= 11 is 5.78. The van der Waals surface area contributed by atoms with E-state index in [2.05, 4.69) is 10.5 Å². The summed E-state index contributed by atoms with van der Waals surface area (Å²) in [4.78, 5) is 13.9. The van der Waals surface area contributed by atoms with Crippen LogP contribution in [0.15, 0.2) is 47.6 Å². The zero-order valence-corrected chi connectivity index (χ0v) is 13.8. The molecule has 3 rings (SSSR count). The smallest absolute Gasteiger partial charge is 0.271 e. The highest BCUT2D eigenvalue weighted by molar-refractivity contribution is 6.30. The van der Waals surface area contributed by atoms with Crippen LogP contribution in [0.25, 0.3) is 0 Å². The molecule has 1 heterocycles. The number of hydrazone groups is 1. The summed E-state index contributed by atoms with van der Waals surface area (Å²) in [7, 11) is 0. The van der Waals surface area contributed by atoms with Crippen LogP contribution in [0, 0.1) is 5.82 Å². The van der Waals surface area contributed by atoms with Gasteiger partial charge in [0.15, 0.2) is 0 Å². The van der Waals surface area contributed by atoms with E-state index in [9.17, 15) is 9.18 Å². The summed E-state index contributed by atoms with van der Waals surface area (Å²) in [5, 5.41) is 4.43. The van der Waals surface area contributed by atoms with Gasteiger partial charge in [-0.15, -0.1) is 0 Å². The van der Waals surface area contributed by atoms with Gasteiger partial charge in [0.25, 0.3) is 5.91 Å². The topological polar surface area (TPSA) is 44.7 Å². The second-order valence-corrected chi connectivity index (χ2v) is 6.05. The summed E-state index contributed by atoms with van der Waals surface area (Å²) in [6.07, 6.45) is 3.61. The maximum Gasteiger partial charge on any atom is 0.271 e. The van der Waals surface area contributed by atoms with Gasteiger partial charge in [0, 0.05) is 23.7 Å². The monoisotopic (exact) mass is 345 g/mol. The Labute approximate surface area is 144 Å². The van der Waals surface area contributed by atoms with Crippen molar-refractivity contribution in [2.45, 2.75) is 12.8 Å². The van der Waals surface area contributed by atoms with E-state index in [0.717, 1.165) is 25.9 Å². The summed E-state index contributed by atoms with van der Waals surface area (Å²) in [5.74, 6) is -0.623. The van der Waals surface area contributed by atoms with Crippen LogP contribution in [0.2, 0.25) is 5.02 Å². The molecule has 1 fully saturated rings. The van der Waals surface area contributed by atoms with Gasteiger partial charge in [0.05, 0.1) is 11.9 Å². The van der Waals surface area contributed by atoms with Crippen LogP contribution >= 0.6 is 11.6 Å². The number of benzene rings is 2. The third kappa shape index (κ3) is 3.92. The molecule has 124 valence electrons. The number of halogens is 2. The molecule has 0 aromatic heterocycles. The second kappa shape index (κ2) is 7.45. The van der Waals surface area contributed by atoms with Crippen LogP contribution in [0.1, 0.15) is 28.8 Å². The van der Waals surface area contributed by atoms with E-state index in [-0.39, 0.29) is 11.7 Å². The highest BCUT2D eigenvalue weighted by atomic mass is 35.5. The van der Waals surface area contributed by atoms with Crippen molar-refractivity contribution in [3.05, 3.63) is 64.4 Å². The quantitative estimate of drug-likeness (QED) is 0.676. The molecule has 0 bridgehead atoms. The Morgan fingerprint density at radius 2 is 1.88 bits per heavy atom. The van der Waals surface area contributed by atoms with E-state index in [1.807, 2.05) is 4.90 Å². The van der Waals surface area contributed by atoms with Crippen molar-refractivity contribution < 1.29 is 9.18 Å². The van der Waals surface area contributed by atoms with Crippen molar-refractivity contribution in [3.63, 3.8) is 0 Å². The Morgan fingerprint density at radius 3 is 2.54 bits per heavy atom. The SMILES string of the molecule is O=C(N/N=C\c1ccc(N2CCCC2)c(F)c1)c1ccc(Cl)cc1. The molecule has 4 nitrogen and oxygen atoms in total. The standard InChI is InChI=1S/C18H17ClFN3O/c19-15-6-4-14(5-7-15)18(24)22-21-12-13-3-8-17(16(20)11-13)23-9-1-2-10-23/h3-8,11-12H,1-2,9-10H2,(H,22,24)/b21-12-. The minimum absolute atomic E-state index is 0.273. The van der Waals surface area contributed by atoms with E-state index in [0.29, 0.717) is 21.8 Å². The lowest BCUT2D eigenvalue weighted by molar-refractivity contribution is 0.0955. The van der Waals surface area contributed by atoms with Crippen molar-refractivity contribution in [1.82, 2.24) is 5.43 Å². The van der Waals surface area contributed by atoms with E-state index in [1.165, 1.54) is 12.3 Å². The summed E-state index contributed by atoms with van der Waals surface area (Å²) in [5.41, 5.74) is 4.07. The molecule has 1 N–H and O–H groups in total. The van der Waals surface area contributed by atoms with E-state index < -0.39 is 0 Å². The number of hydrogen-bond donors (Lipinski definition) is 1. The van der Waals surface area contributed by atoms with Crippen LogP contribution in [-0.4, -0.2) is 25.2 Å². The molecule has 0 radical (unpaired) electrons. The van der Waals surface area contributed by atoms with Gasteiger partial charge in [-0.25, -0.2) is 9.82 Å². The van der Waals surface area contributed by atoms with Crippen molar-refractivity contribution in [1.29, 1.82) is 0 Å². The highest BCUT2D eigenvalue weighted by Gasteiger charge is 2.15. The van der Waals surface area contributed by atoms with Gasteiger partial charge in [-0.3, -0.25) is 4.79 Å². The Morgan fingerprint density at radius 1 is 1.17 bits per heavy atom. The molecular formula is C18H17ClFN3O. The molecule has 1 aliphatic heterocycles. The lowest BCUT2D eigenvalue weighted by Gasteiger charge is -2.18. The fourth-order valence-electron chi connectivity index (χ4n) is 2.65. The zero-order chi connectivity index (χ0) is 16.9. The van der Waals surface area contributed by atoms with E-state index >= 15 is 0 Å². The highest BCUT2D eigenvalue weighted by Crippen LogP contribution is 2.23. The van der Waals surface area contributed by atoms with Gasteiger partial charge >= 0.3 is 0 Å². The maximum atomic E-state index is 14.2. The summed E-state index contributed by atoms with van der Waals surface area (Å²) in [6.45, 7) is 1.78. The molecule has 0 saturated carbocycles. The molecule has 1 saturated heterocycles. The molecule has 2 aromatic rings. The molecule has 24 heavy (non-hydrogen) atoms. The Hall–Kier alpha value is -2.40. The first-order valence-corrected chi connectivity index (χ1v) is 8.15. The number of amides is 1. The van der Waals surface area contributed by atoms with Gasteiger partial charge in [0.1, 0.15) is 5.82 Å². The number of carbonyl (C=O) groups is 1. The van der Waals surface area contributed by atoms with Gasteiger partial charge in [-0.05, 0) is 54.8 Å². The van der Waals surface area contributed by atoms with Gasteiger partial charge in [-0.1, -0.05) is 17.7 Å². The lowest BCUT2D eigenvalue weighted by atomic mass is 10.2. The van der Waals surface area contributed by atoms with Crippen molar-refractivity contribution in [2.75, 3.05) is 18.0 Å². The van der Waals surface area contributed by atoms with Gasteiger partial charge in [-0.2, -0.15) is 5.10 Å². The van der Waals surface area contributed by atoms with Gasteiger partial charge < -0.3 is 4.90 Å². The normalized spacial score (nSPS) is 14.3. The number of anilines is 1. The van der Waals surface area contributed by atoms with Gasteiger partial charge in [0.2, 0.25) is 0 Å². The van der Waals surface area contributed by atoms with E-state index in [1.54, 1.807) is 36.4 Å². The van der Waals surface area contributed by atoms with Crippen molar-refractivity contribution in [2.24, 2.45) is 5.10 Å². The lowest BCUT2D eigenvalue weighted by Crippen LogP contribution is -2.19. The molecular weight excluding hydrogens is 329 g/mol. The van der Waals surface area contributed by atoms with Crippen LogP contribution < -0.4 is 10.3 Å². The average molecular weight is 346 g/mol. The first-order chi connectivity index (χ1) is 11.6. The van der Waals surface area contributed by atoms with Crippen LogP contribution in [0.4, 0.5) is 10.1 Å². The Kier molecular flexibility index (Phi) is 5.11. The van der Waals surface area contributed by atoms with Crippen LogP contribution in [0.3, 0.4) is 0 Å².